The number of halogens is 2. The summed E-state index contributed by atoms with van der Waals surface area (Å²) in [6.45, 7) is 0. The van der Waals surface area contributed by atoms with Crippen LogP contribution in [0.25, 0.3) is 0 Å². The van der Waals surface area contributed by atoms with Crippen LogP contribution >= 0.6 is 23.7 Å². The Kier molecular flexibility index (Phi) is 260. The minimum absolute atomic E-state index is 0. The minimum atomic E-state index is 0. The van der Waals surface area contributed by atoms with Gasteiger partial charge >= 0.3 is 17.1 Å². The summed E-state index contributed by atoms with van der Waals surface area (Å²) in [5.74, 6) is 0. The van der Waals surface area contributed by atoms with E-state index in [9.17, 15) is 0 Å². The SMILES string of the molecule is [Fe+2].[O-]Cl.[O-]Cl. The molecule has 0 aromatic carbocycles. The number of hydrogen-bond acceptors (Lipinski definition) is 2. The molecule has 0 rings (SSSR count). The molecule has 0 amide bonds. The van der Waals surface area contributed by atoms with Crippen LogP contribution in [0.3, 0.4) is 0 Å². The molecular weight excluding hydrogens is 159 g/mol. The third-order valence-electron chi connectivity index (χ3n) is 0. The van der Waals surface area contributed by atoms with Crippen molar-refractivity contribution in [3.8, 4) is 0 Å². The standard InChI is InChI=1S/2ClO.Fe/c2*1-2;/q2*-1;+2. The van der Waals surface area contributed by atoms with E-state index in [0.717, 1.165) is 0 Å². The van der Waals surface area contributed by atoms with Crippen molar-refractivity contribution in [2.45, 2.75) is 0 Å². The van der Waals surface area contributed by atoms with E-state index in [1.807, 2.05) is 0 Å². The van der Waals surface area contributed by atoms with Gasteiger partial charge in [-0.3, -0.25) is 0 Å². The Balaban J connectivity index is -0.0000000133. The normalized spacial score (nSPS) is 2.40. The predicted octanol–water partition coefficient (Wildman–Crippen LogP) is -1.00. The average Bonchev–Trinajstić information content (AvgIpc) is 1.50. The molecule has 0 aromatic heterocycles. The Bertz CT molecular complexity index is 7.61. The van der Waals surface area contributed by atoms with Gasteiger partial charge in [-0.15, -0.1) is 0 Å². The van der Waals surface area contributed by atoms with Gasteiger partial charge in [-0.05, 0) is 0 Å². The van der Waals surface area contributed by atoms with Crippen LogP contribution in [0.4, 0.5) is 0 Å². The molecule has 0 bridgehead atoms. The van der Waals surface area contributed by atoms with E-state index >= 15 is 0 Å². The Morgan fingerprint density at radius 3 is 0.800 bits per heavy atom. The van der Waals surface area contributed by atoms with E-state index in [1.54, 1.807) is 0 Å². The molecule has 0 aliphatic heterocycles. The van der Waals surface area contributed by atoms with Gasteiger partial charge in [0.05, 0.1) is 0 Å². The van der Waals surface area contributed by atoms with Crippen LogP contribution in [0.5, 0.6) is 0 Å². The maximum absolute atomic E-state index is 7.72. The molecule has 5 heavy (non-hydrogen) atoms. The Morgan fingerprint density at radius 1 is 0.800 bits per heavy atom. The van der Waals surface area contributed by atoms with Crippen LogP contribution in [0, 0.1) is 0 Å². The van der Waals surface area contributed by atoms with Crippen molar-refractivity contribution in [1.29, 1.82) is 0 Å². The van der Waals surface area contributed by atoms with Crippen molar-refractivity contribution >= 4 is 23.7 Å². The van der Waals surface area contributed by atoms with Gasteiger partial charge < -0.3 is 9.32 Å². The molecule has 0 unspecified atom stereocenters. The summed E-state index contributed by atoms with van der Waals surface area (Å²) in [7, 11) is 0. The van der Waals surface area contributed by atoms with Crippen LogP contribution in [0.1, 0.15) is 0 Å². The number of rotatable bonds is 0. The van der Waals surface area contributed by atoms with Gasteiger partial charge in [-0.1, -0.05) is 0 Å². The fraction of sp³-hybridized carbons (Fsp3) is 0. The second-order valence-electron chi connectivity index (χ2n) is 0. The van der Waals surface area contributed by atoms with E-state index in [-0.39, 0.29) is 17.1 Å². The van der Waals surface area contributed by atoms with Crippen molar-refractivity contribution < 1.29 is 26.4 Å². The van der Waals surface area contributed by atoms with Gasteiger partial charge in [0.2, 0.25) is 0 Å². The third kappa shape index (κ3) is 44.0. The molecule has 0 spiro atoms. The molecule has 0 atom stereocenters. The Hall–Kier alpha value is 1.02. The zero-order valence-electron chi connectivity index (χ0n) is 1.93. The van der Waals surface area contributed by atoms with Gasteiger partial charge in [0.1, 0.15) is 0 Å². The molecule has 5 heteroatoms. The minimum Gasteiger partial charge on any atom is -0.769 e. The van der Waals surface area contributed by atoms with Crippen molar-refractivity contribution in [2.75, 3.05) is 0 Å². The number of hydrogen-bond donors (Lipinski definition) is 0. The van der Waals surface area contributed by atoms with Crippen LogP contribution in [-0.4, -0.2) is 0 Å². The summed E-state index contributed by atoms with van der Waals surface area (Å²) in [6, 6.07) is 0. The van der Waals surface area contributed by atoms with Crippen LogP contribution in [-0.2, 0) is 17.1 Å². The fourth-order valence-electron chi connectivity index (χ4n) is 0. The summed E-state index contributed by atoms with van der Waals surface area (Å²) in [4.78, 5) is 0. The van der Waals surface area contributed by atoms with Gasteiger partial charge in [-0.2, -0.15) is 0 Å². The third-order valence-corrected chi connectivity index (χ3v) is 0. The van der Waals surface area contributed by atoms with Crippen molar-refractivity contribution in [3.05, 3.63) is 0 Å². The first-order chi connectivity index (χ1) is 2.00. The molecule has 0 saturated heterocycles. The first kappa shape index (κ1) is 16.6. The topological polar surface area (TPSA) is 46.1 Å². The molecule has 2 nitrogen and oxygen atoms in total. The van der Waals surface area contributed by atoms with Gasteiger partial charge in [0.25, 0.3) is 0 Å². The van der Waals surface area contributed by atoms with Crippen molar-refractivity contribution in [2.24, 2.45) is 0 Å². The molecule has 0 saturated carbocycles. The van der Waals surface area contributed by atoms with E-state index in [1.165, 1.54) is 0 Å². The van der Waals surface area contributed by atoms with Crippen LogP contribution in [0.15, 0.2) is 0 Å². The molecule has 0 aromatic rings. The van der Waals surface area contributed by atoms with Crippen LogP contribution < -0.4 is 9.32 Å². The Morgan fingerprint density at radius 2 is 0.800 bits per heavy atom. The quantitative estimate of drug-likeness (QED) is 0.425. The summed E-state index contributed by atoms with van der Waals surface area (Å²) in [5.41, 5.74) is 0. The van der Waals surface area contributed by atoms with E-state index in [0.29, 0.717) is 0 Å². The second-order valence-corrected chi connectivity index (χ2v) is 0. The zero-order chi connectivity index (χ0) is 4.00. The maximum Gasteiger partial charge on any atom is 2.00 e. The summed E-state index contributed by atoms with van der Waals surface area (Å²) < 4.78 is 15.4. The van der Waals surface area contributed by atoms with E-state index in [4.69, 9.17) is 9.32 Å². The monoisotopic (exact) mass is 158 g/mol. The molecular formula is Cl2FeO2. The van der Waals surface area contributed by atoms with Crippen molar-refractivity contribution in [1.82, 2.24) is 0 Å². The van der Waals surface area contributed by atoms with Gasteiger partial charge in [0.15, 0.2) is 0 Å². The van der Waals surface area contributed by atoms with E-state index < -0.39 is 0 Å². The van der Waals surface area contributed by atoms with Crippen LogP contribution in [0.2, 0.25) is 0 Å². The Labute approximate surface area is 50.5 Å². The fourth-order valence-corrected chi connectivity index (χ4v) is 0. The molecule has 0 aliphatic rings. The molecule has 0 fully saturated rings. The predicted molar refractivity (Wildman–Crippen MR) is 11.7 cm³/mol. The second kappa shape index (κ2) is 78.0. The molecule has 0 N–H and O–H groups in total. The largest absolute Gasteiger partial charge is 2.00 e. The summed E-state index contributed by atoms with van der Waals surface area (Å²) >= 11 is 6.78. The van der Waals surface area contributed by atoms with Gasteiger partial charge in [0, 0.05) is 0 Å². The van der Waals surface area contributed by atoms with Crippen molar-refractivity contribution in [3.63, 3.8) is 0 Å². The molecule has 0 aliphatic carbocycles. The first-order valence-corrected chi connectivity index (χ1v) is 0.926. The maximum atomic E-state index is 7.72. The van der Waals surface area contributed by atoms with E-state index in [2.05, 4.69) is 23.7 Å². The first-order valence-electron chi connectivity index (χ1n) is 0.309. The molecule has 0 heterocycles. The molecule has 0 radical (unpaired) electrons. The smallest absolute Gasteiger partial charge is 0.769 e. The summed E-state index contributed by atoms with van der Waals surface area (Å²) in [6.07, 6.45) is 0. The van der Waals surface area contributed by atoms with Gasteiger partial charge in [-0.25, -0.2) is 23.7 Å². The zero-order valence-corrected chi connectivity index (χ0v) is 4.54. The average molecular weight is 159 g/mol. The summed E-state index contributed by atoms with van der Waals surface area (Å²) in [5, 5.41) is 0. The molecule has 34 valence electrons.